The quantitative estimate of drug-likeness (QED) is 0.790. The van der Waals surface area contributed by atoms with Crippen LogP contribution in [0.2, 0.25) is 0 Å². The lowest BCUT2D eigenvalue weighted by Crippen LogP contribution is -2.38. The van der Waals surface area contributed by atoms with Gasteiger partial charge in [-0.05, 0) is 37.1 Å². The van der Waals surface area contributed by atoms with Crippen LogP contribution in [0.15, 0.2) is 64.2 Å². The van der Waals surface area contributed by atoms with Crippen LogP contribution in [0.4, 0.5) is 0 Å². The lowest BCUT2D eigenvalue weighted by atomic mass is 10.2. The van der Waals surface area contributed by atoms with Gasteiger partial charge in [0.2, 0.25) is 5.88 Å². The fourth-order valence-corrected chi connectivity index (χ4v) is 2.61. The summed E-state index contributed by atoms with van der Waals surface area (Å²) in [6.45, 7) is 3.66. The zero-order chi connectivity index (χ0) is 16.6. The van der Waals surface area contributed by atoms with Crippen molar-refractivity contribution in [2.45, 2.75) is 13.8 Å². The van der Waals surface area contributed by atoms with Gasteiger partial charge in [-0.25, -0.2) is 13.9 Å². The van der Waals surface area contributed by atoms with Crippen LogP contribution in [0.5, 0.6) is 5.88 Å². The molecule has 0 aliphatic rings. The largest absolute Gasteiger partial charge is 0.494 e. The number of aromatic hydroxyl groups is 1. The van der Waals surface area contributed by atoms with Crippen molar-refractivity contribution in [1.29, 1.82) is 0 Å². The van der Waals surface area contributed by atoms with Gasteiger partial charge < -0.3 is 5.11 Å². The molecule has 0 radical (unpaired) electrons. The van der Waals surface area contributed by atoms with Crippen molar-refractivity contribution in [3.8, 4) is 17.3 Å². The van der Waals surface area contributed by atoms with E-state index in [2.05, 4.69) is 0 Å². The van der Waals surface area contributed by atoms with Gasteiger partial charge in [-0.3, -0.25) is 4.79 Å². The van der Waals surface area contributed by atoms with Crippen LogP contribution >= 0.6 is 0 Å². The Kier molecular flexibility index (Phi) is 3.62. The van der Waals surface area contributed by atoms with Crippen LogP contribution in [-0.2, 0) is 0 Å². The summed E-state index contributed by atoms with van der Waals surface area (Å²) in [6.07, 6.45) is 0. The number of para-hydroxylation sites is 2. The summed E-state index contributed by atoms with van der Waals surface area (Å²) in [6, 6.07) is 15.4. The Bertz CT molecular complexity index is 1000. The molecule has 0 saturated carbocycles. The average molecular weight is 308 g/mol. The third-order valence-corrected chi connectivity index (χ3v) is 3.80. The first kappa shape index (κ1) is 14.8. The Morgan fingerprint density at radius 1 is 0.783 bits per heavy atom. The number of hydrogen-bond donors (Lipinski definition) is 1. The van der Waals surface area contributed by atoms with Gasteiger partial charge in [0.05, 0.1) is 17.4 Å². The van der Waals surface area contributed by atoms with Gasteiger partial charge >= 0.3 is 5.69 Å². The molecule has 5 heteroatoms. The van der Waals surface area contributed by atoms with E-state index in [0.717, 1.165) is 26.3 Å². The Hall–Kier alpha value is -3.08. The van der Waals surface area contributed by atoms with E-state index in [0.29, 0.717) is 11.4 Å². The smallest absolute Gasteiger partial charge is 0.343 e. The maximum atomic E-state index is 12.9. The van der Waals surface area contributed by atoms with Gasteiger partial charge in [-0.15, -0.1) is 0 Å². The van der Waals surface area contributed by atoms with Gasteiger partial charge in [0.15, 0.2) is 0 Å². The molecule has 0 aliphatic heterocycles. The van der Waals surface area contributed by atoms with Crippen LogP contribution in [0, 0.1) is 13.8 Å². The highest BCUT2D eigenvalue weighted by Gasteiger charge is 2.15. The van der Waals surface area contributed by atoms with Gasteiger partial charge in [-0.1, -0.05) is 36.4 Å². The second kappa shape index (κ2) is 5.61. The van der Waals surface area contributed by atoms with E-state index >= 15 is 0 Å². The summed E-state index contributed by atoms with van der Waals surface area (Å²) in [7, 11) is 0. The maximum Gasteiger partial charge on any atom is 0.343 e. The Morgan fingerprint density at radius 2 is 1.26 bits per heavy atom. The highest BCUT2D eigenvalue weighted by atomic mass is 16.3. The van der Waals surface area contributed by atoms with Gasteiger partial charge in [-0.2, -0.15) is 0 Å². The molecule has 1 heterocycles. The lowest BCUT2D eigenvalue weighted by molar-refractivity contribution is 0.428. The molecular weight excluding hydrogens is 292 g/mol. The van der Waals surface area contributed by atoms with E-state index in [1.807, 2.05) is 38.1 Å². The van der Waals surface area contributed by atoms with E-state index in [9.17, 15) is 14.7 Å². The minimum Gasteiger partial charge on any atom is -0.494 e. The standard InChI is InChI=1S/C18H16N2O3/c1-12-7-3-5-9-14(12)19-16(21)11-17(22)20(18(19)23)15-10-6-4-8-13(15)2/h3-11,21H,1-2H3. The summed E-state index contributed by atoms with van der Waals surface area (Å²) in [5.41, 5.74) is 1.50. The molecule has 2 aromatic carbocycles. The SMILES string of the molecule is Cc1ccccc1-n1c(O)cc(=O)n(-c2ccccc2C)c1=O. The minimum absolute atomic E-state index is 0.376. The monoisotopic (exact) mass is 308 g/mol. The van der Waals surface area contributed by atoms with E-state index in [1.165, 1.54) is 0 Å². The molecule has 0 saturated heterocycles. The van der Waals surface area contributed by atoms with Crippen molar-refractivity contribution in [3.63, 3.8) is 0 Å². The first-order chi connectivity index (χ1) is 11.0. The number of aromatic nitrogens is 2. The molecule has 116 valence electrons. The number of aryl methyl sites for hydroxylation is 2. The first-order valence-electron chi connectivity index (χ1n) is 7.21. The van der Waals surface area contributed by atoms with Crippen LogP contribution in [-0.4, -0.2) is 14.2 Å². The van der Waals surface area contributed by atoms with Crippen LogP contribution in [0.25, 0.3) is 11.4 Å². The van der Waals surface area contributed by atoms with Crippen molar-refractivity contribution in [1.82, 2.24) is 9.13 Å². The highest BCUT2D eigenvalue weighted by Crippen LogP contribution is 2.17. The molecule has 23 heavy (non-hydrogen) atoms. The van der Waals surface area contributed by atoms with Crippen molar-refractivity contribution in [3.05, 3.63) is 86.6 Å². The Morgan fingerprint density at radius 3 is 1.78 bits per heavy atom. The van der Waals surface area contributed by atoms with Crippen LogP contribution < -0.4 is 11.2 Å². The van der Waals surface area contributed by atoms with Gasteiger partial charge in [0.1, 0.15) is 0 Å². The zero-order valence-electron chi connectivity index (χ0n) is 12.9. The minimum atomic E-state index is -0.599. The number of benzene rings is 2. The molecule has 0 spiro atoms. The molecule has 5 nitrogen and oxygen atoms in total. The molecule has 0 bridgehead atoms. The van der Waals surface area contributed by atoms with E-state index in [4.69, 9.17) is 0 Å². The summed E-state index contributed by atoms with van der Waals surface area (Å²) in [5, 5.41) is 10.1. The summed E-state index contributed by atoms with van der Waals surface area (Å²) >= 11 is 0. The Labute approximate surface area is 132 Å². The van der Waals surface area contributed by atoms with Crippen LogP contribution in [0.1, 0.15) is 11.1 Å². The van der Waals surface area contributed by atoms with Gasteiger partial charge in [0.25, 0.3) is 5.56 Å². The topological polar surface area (TPSA) is 64.2 Å². The molecule has 3 aromatic rings. The molecule has 3 rings (SSSR count). The van der Waals surface area contributed by atoms with Crippen molar-refractivity contribution in [2.75, 3.05) is 0 Å². The van der Waals surface area contributed by atoms with Crippen molar-refractivity contribution in [2.24, 2.45) is 0 Å². The molecule has 0 fully saturated rings. The van der Waals surface area contributed by atoms with Crippen molar-refractivity contribution >= 4 is 0 Å². The molecular formula is C18H16N2O3. The highest BCUT2D eigenvalue weighted by molar-refractivity contribution is 5.45. The average Bonchev–Trinajstić information content (AvgIpc) is 2.50. The van der Waals surface area contributed by atoms with E-state index in [-0.39, 0.29) is 5.88 Å². The summed E-state index contributed by atoms with van der Waals surface area (Å²) in [5.74, 6) is -0.376. The predicted octanol–water partition coefficient (Wildman–Crippen LogP) is 2.31. The van der Waals surface area contributed by atoms with E-state index in [1.54, 1.807) is 24.3 Å². The fourth-order valence-electron chi connectivity index (χ4n) is 2.61. The van der Waals surface area contributed by atoms with Crippen molar-refractivity contribution < 1.29 is 5.11 Å². The third-order valence-electron chi connectivity index (χ3n) is 3.80. The molecule has 0 amide bonds. The molecule has 0 aliphatic carbocycles. The number of nitrogens with zero attached hydrogens (tertiary/aromatic N) is 2. The zero-order valence-corrected chi connectivity index (χ0v) is 12.9. The molecule has 1 N–H and O–H groups in total. The van der Waals surface area contributed by atoms with Crippen LogP contribution in [0.3, 0.4) is 0 Å². The summed E-state index contributed by atoms with van der Waals surface area (Å²) in [4.78, 5) is 25.2. The lowest BCUT2D eigenvalue weighted by Gasteiger charge is -2.14. The molecule has 1 aromatic heterocycles. The normalized spacial score (nSPS) is 10.7. The fraction of sp³-hybridized carbons (Fsp3) is 0.111. The number of hydrogen-bond acceptors (Lipinski definition) is 3. The third kappa shape index (κ3) is 2.46. The Balaban J connectivity index is 2.40. The van der Waals surface area contributed by atoms with Gasteiger partial charge in [0, 0.05) is 0 Å². The second-order valence-electron chi connectivity index (χ2n) is 5.37. The first-order valence-corrected chi connectivity index (χ1v) is 7.21. The summed E-state index contributed by atoms with van der Waals surface area (Å²) < 4.78 is 2.21. The van der Waals surface area contributed by atoms with E-state index < -0.39 is 11.2 Å². The number of rotatable bonds is 2. The maximum absolute atomic E-state index is 12.9. The molecule has 0 unspecified atom stereocenters. The predicted molar refractivity (Wildman–Crippen MR) is 88.8 cm³/mol. The molecule has 0 atom stereocenters. The second-order valence-corrected chi connectivity index (χ2v) is 5.37.